The van der Waals surface area contributed by atoms with Gasteiger partial charge in [-0.1, -0.05) is 59.5 Å². The lowest BCUT2D eigenvalue weighted by Crippen LogP contribution is -2.24. The van der Waals surface area contributed by atoms with Crippen molar-refractivity contribution in [1.82, 2.24) is 15.5 Å². The summed E-state index contributed by atoms with van der Waals surface area (Å²) in [6.07, 6.45) is 0. The highest BCUT2D eigenvalue weighted by Crippen LogP contribution is 2.32. The lowest BCUT2D eigenvalue weighted by molar-refractivity contribution is -0.118. The van der Waals surface area contributed by atoms with Gasteiger partial charge in [-0.05, 0) is 23.3 Å². The second-order valence-electron chi connectivity index (χ2n) is 5.97. The van der Waals surface area contributed by atoms with Gasteiger partial charge in [-0.2, -0.15) is 0 Å². The van der Waals surface area contributed by atoms with Gasteiger partial charge in [-0.3, -0.25) is 4.79 Å². The molecule has 4 rings (SSSR count). The Morgan fingerprint density at radius 2 is 1.89 bits per heavy atom. The summed E-state index contributed by atoms with van der Waals surface area (Å²) in [5, 5.41) is 15.1. The minimum atomic E-state index is -0.0586. The van der Waals surface area contributed by atoms with Crippen LogP contribution in [0.15, 0.2) is 52.9 Å². The minimum absolute atomic E-state index is 0.0586. The smallest absolute Gasteiger partial charge is 0.231 e. The summed E-state index contributed by atoms with van der Waals surface area (Å²) >= 11 is 2.82. The zero-order valence-electron chi connectivity index (χ0n) is 14.9. The first-order valence-corrected chi connectivity index (χ1v) is 10.5. The molecule has 0 aliphatic carbocycles. The van der Waals surface area contributed by atoms with Crippen molar-refractivity contribution in [2.75, 3.05) is 17.9 Å². The van der Waals surface area contributed by atoms with Crippen LogP contribution in [0, 0.1) is 0 Å². The highest BCUT2D eigenvalue weighted by Gasteiger charge is 2.13. The van der Waals surface area contributed by atoms with E-state index in [1.165, 1.54) is 28.7 Å². The molecule has 7 nitrogen and oxygen atoms in total. The van der Waals surface area contributed by atoms with Gasteiger partial charge >= 0.3 is 0 Å². The number of hydrogen-bond acceptors (Lipinski definition) is 8. The van der Waals surface area contributed by atoms with Crippen LogP contribution in [0.2, 0.25) is 0 Å². The Hall–Kier alpha value is -2.78. The normalized spacial score (nSPS) is 12.0. The van der Waals surface area contributed by atoms with Crippen molar-refractivity contribution in [3.8, 4) is 11.5 Å². The molecule has 0 fully saturated rings. The number of carbonyl (C=O) groups excluding carboxylic acids is 1. The van der Waals surface area contributed by atoms with E-state index in [1.54, 1.807) is 0 Å². The van der Waals surface area contributed by atoms with Gasteiger partial charge in [0.05, 0.1) is 5.75 Å². The van der Waals surface area contributed by atoms with Gasteiger partial charge in [0.15, 0.2) is 15.8 Å². The first-order chi connectivity index (χ1) is 13.8. The predicted octanol–water partition coefficient (Wildman–Crippen LogP) is 3.29. The van der Waals surface area contributed by atoms with Crippen molar-refractivity contribution < 1.29 is 14.3 Å². The van der Waals surface area contributed by atoms with Crippen LogP contribution < -0.4 is 20.1 Å². The lowest BCUT2D eigenvalue weighted by Gasteiger charge is -2.05. The third-order valence-electron chi connectivity index (χ3n) is 3.95. The number of hydrogen-bond donors (Lipinski definition) is 2. The number of carbonyl (C=O) groups is 1. The van der Waals surface area contributed by atoms with E-state index in [9.17, 15) is 4.79 Å². The Morgan fingerprint density at radius 1 is 1.04 bits per heavy atom. The molecule has 1 amide bonds. The molecule has 0 spiro atoms. The lowest BCUT2D eigenvalue weighted by atomic mass is 10.2. The zero-order chi connectivity index (χ0) is 19.2. The number of aromatic nitrogens is 2. The Balaban J connectivity index is 1.20. The van der Waals surface area contributed by atoms with Crippen molar-refractivity contribution in [1.29, 1.82) is 0 Å². The fourth-order valence-electron chi connectivity index (χ4n) is 2.54. The summed E-state index contributed by atoms with van der Waals surface area (Å²) in [4.78, 5) is 12.1. The van der Waals surface area contributed by atoms with Crippen molar-refractivity contribution >= 4 is 34.1 Å². The van der Waals surface area contributed by atoms with Gasteiger partial charge in [0.1, 0.15) is 0 Å². The summed E-state index contributed by atoms with van der Waals surface area (Å²) < 4.78 is 11.4. The second kappa shape index (κ2) is 8.94. The number of benzene rings is 2. The molecule has 0 radical (unpaired) electrons. The molecule has 0 saturated heterocycles. The summed E-state index contributed by atoms with van der Waals surface area (Å²) in [5.74, 6) is 1.68. The Kier molecular flexibility index (Phi) is 5.93. The number of rotatable bonds is 8. The van der Waals surface area contributed by atoms with Crippen LogP contribution in [0.1, 0.15) is 11.1 Å². The Bertz CT molecular complexity index is 949. The number of fused-ring (bicyclic) bond motifs is 1. The van der Waals surface area contributed by atoms with Crippen LogP contribution in [0.25, 0.3) is 0 Å². The van der Waals surface area contributed by atoms with Gasteiger partial charge in [-0.15, -0.1) is 10.2 Å². The molecule has 28 heavy (non-hydrogen) atoms. The van der Waals surface area contributed by atoms with Gasteiger partial charge < -0.3 is 20.1 Å². The van der Waals surface area contributed by atoms with Crippen molar-refractivity contribution in [2.45, 2.75) is 17.4 Å². The van der Waals surface area contributed by atoms with Crippen LogP contribution >= 0.6 is 23.1 Å². The molecule has 0 saturated carbocycles. The van der Waals surface area contributed by atoms with Crippen molar-refractivity contribution in [3.05, 3.63) is 59.7 Å². The molecule has 2 aromatic carbocycles. The van der Waals surface area contributed by atoms with Crippen LogP contribution in [0.3, 0.4) is 0 Å². The topological polar surface area (TPSA) is 85.4 Å². The molecule has 0 atom stereocenters. The van der Waals surface area contributed by atoms with E-state index in [4.69, 9.17) is 9.47 Å². The standard InChI is InChI=1S/C19H18N4O3S2/c24-17(20-10-14-6-7-15-16(8-14)26-12-25-15)11-27-19-23-22-18(28-19)21-9-13-4-2-1-3-5-13/h1-8H,9-12H2,(H,20,24)(H,21,22). The zero-order valence-corrected chi connectivity index (χ0v) is 16.5. The number of anilines is 1. The monoisotopic (exact) mass is 414 g/mol. The minimum Gasteiger partial charge on any atom is -0.454 e. The summed E-state index contributed by atoms with van der Waals surface area (Å²) in [6.45, 7) is 1.37. The molecule has 2 N–H and O–H groups in total. The molecule has 144 valence electrons. The summed E-state index contributed by atoms with van der Waals surface area (Å²) in [5.41, 5.74) is 2.14. The van der Waals surface area contributed by atoms with Crippen molar-refractivity contribution in [2.24, 2.45) is 0 Å². The number of nitrogens with zero attached hydrogens (tertiary/aromatic N) is 2. The second-order valence-corrected chi connectivity index (χ2v) is 8.17. The van der Waals surface area contributed by atoms with E-state index in [0.29, 0.717) is 18.8 Å². The van der Waals surface area contributed by atoms with Crippen LogP contribution in [0.5, 0.6) is 11.5 Å². The number of nitrogens with one attached hydrogen (secondary N) is 2. The molecule has 1 aliphatic heterocycles. The van der Waals surface area contributed by atoms with Gasteiger partial charge in [0, 0.05) is 13.1 Å². The number of ether oxygens (including phenoxy) is 2. The maximum Gasteiger partial charge on any atom is 0.231 e. The fourth-order valence-corrected chi connectivity index (χ4v) is 4.12. The van der Waals surface area contributed by atoms with Crippen LogP contribution in [0.4, 0.5) is 5.13 Å². The maximum absolute atomic E-state index is 12.1. The van der Waals surface area contributed by atoms with Gasteiger partial charge in [0.25, 0.3) is 0 Å². The molecular formula is C19H18N4O3S2. The van der Waals surface area contributed by atoms with E-state index in [0.717, 1.165) is 20.8 Å². The quantitative estimate of drug-likeness (QED) is 0.547. The molecule has 9 heteroatoms. The average Bonchev–Trinajstić information content (AvgIpc) is 3.38. The van der Waals surface area contributed by atoms with E-state index in [-0.39, 0.29) is 18.5 Å². The fraction of sp³-hybridized carbons (Fsp3) is 0.211. The van der Waals surface area contributed by atoms with E-state index >= 15 is 0 Å². The van der Waals surface area contributed by atoms with Gasteiger partial charge in [0.2, 0.25) is 17.8 Å². The molecule has 3 aromatic rings. The number of thioether (sulfide) groups is 1. The van der Waals surface area contributed by atoms with E-state index in [1.807, 2.05) is 48.5 Å². The first-order valence-electron chi connectivity index (χ1n) is 8.65. The highest BCUT2D eigenvalue weighted by molar-refractivity contribution is 8.01. The molecule has 1 aliphatic rings. The summed E-state index contributed by atoms with van der Waals surface area (Å²) in [6, 6.07) is 15.7. The average molecular weight is 415 g/mol. The van der Waals surface area contributed by atoms with Gasteiger partial charge in [-0.25, -0.2) is 0 Å². The Morgan fingerprint density at radius 3 is 2.79 bits per heavy atom. The van der Waals surface area contributed by atoms with Crippen LogP contribution in [-0.2, 0) is 17.9 Å². The first kappa shape index (κ1) is 18.6. The molecular weight excluding hydrogens is 396 g/mol. The third-order valence-corrected chi connectivity index (χ3v) is 5.96. The molecule has 0 bridgehead atoms. The molecule has 0 unspecified atom stereocenters. The Labute approximate surface area is 170 Å². The van der Waals surface area contributed by atoms with Crippen LogP contribution in [-0.4, -0.2) is 28.7 Å². The van der Waals surface area contributed by atoms with E-state index in [2.05, 4.69) is 20.8 Å². The summed E-state index contributed by atoms with van der Waals surface area (Å²) in [7, 11) is 0. The third kappa shape index (κ3) is 4.93. The van der Waals surface area contributed by atoms with Crippen molar-refractivity contribution in [3.63, 3.8) is 0 Å². The van der Waals surface area contributed by atoms with E-state index < -0.39 is 0 Å². The molecule has 1 aromatic heterocycles. The highest BCUT2D eigenvalue weighted by atomic mass is 32.2. The number of amides is 1. The predicted molar refractivity (Wildman–Crippen MR) is 109 cm³/mol. The molecule has 2 heterocycles. The SMILES string of the molecule is O=C(CSc1nnc(NCc2ccccc2)s1)NCc1ccc2c(c1)OCO2. The largest absolute Gasteiger partial charge is 0.454 e. The maximum atomic E-state index is 12.1.